The van der Waals surface area contributed by atoms with Gasteiger partial charge in [0.25, 0.3) is 0 Å². The number of phosphoric acid groups is 2. The summed E-state index contributed by atoms with van der Waals surface area (Å²) < 4.78 is 38.3. The van der Waals surface area contributed by atoms with Gasteiger partial charge < -0.3 is 14.5 Å². The SMILES string of the molecule is COC(=O)[C@H]1COP(=O)(O)OP(=O)(O)O1. The summed E-state index contributed by atoms with van der Waals surface area (Å²) in [5, 5.41) is 0. The van der Waals surface area contributed by atoms with Crippen LogP contribution >= 0.6 is 15.6 Å². The zero-order valence-corrected chi connectivity index (χ0v) is 9.22. The maximum absolute atomic E-state index is 11.0. The van der Waals surface area contributed by atoms with Crippen LogP contribution in [0.25, 0.3) is 0 Å². The lowest BCUT2D eigenvalue weighted by molar-refractivity contribution is -0.150. The third-order valence-corrected chi connectivity index (χ3v) is 3.97. The summed E-state index contributed by atoms with van der Waals surface area (Å²) in [6.07, 6.45) is -1.59. The summed E-state index contributed by atoms with van der Waals surface area (Å²) in [4.78, 5) is 28.6. The predicted octanol–water partition coefficient (Wildman–Crippen LogP) is -0.208. The highest BCUT2D eigenvalue weighted by Gasteiger charge is 2.44. The van der Waals surface area contributed by atoms with E-state index in [9.17, 15) is 13.9 Å². The molecule has 1 aliphatic rings. The van der Waals surface area contributed by atoms with Crippen LogP contribution in [0.2, 0.25) is 0 Å². The number of carbonyl (C=O) groups excluding carboxylic acids is 1. The highest BCUT2D eigenvalue weighted by Crippen LogP contribution is 2.62. The molecule has 11 heteroatoms. The number of methoxy groups -OCH3 is 1. The van der Waals surface area contributed by atoms with E-state index in [4.69, 9.17) is 9.79 Å². The minimum Gasteiger partial charge on any atom is -0.467 e. The lowest BCUT2D eigenvalue weighted by Gasteiger charge is -2.12. The van der Waals surface area contributed by atoms with E-state index in [0.717, 1.165) is 7.11 Å². The molecule has 0 aromatic rings. The van der Waals surface area contributed by atoms with E-state index in [-0.39, 0.29) is 0 Å². The maximum atomic E-state index is 11.0. The van der Waals surface area contributed by atoms with Gasteiger partial charge in [-0.1, -0.05) is 0 Å². The Bertz CT molecular complexity index is 350. The number of ether oxygens (including phenoxy) is 1. The quantitative estimate of drug-likeness (QED) is 0.487. The second kappa shape index (κ2) is 4.31. The monoisotopic (exact) mass is 262 g/mol. The van der Waals surface area contributed by atoms with Gasteiger partial charge in [-0.05, 0) is 0 Å². The smallest absolute Gasteiger partial charge is 0.467 e. The number of phosphoric ester groups is 2. The molecule has 0 radical (unpaired) electrons. The fraction of sp³-hybridized carbons (Fsp3) is 0.750. The Labute approximate surface area is 84.1 Å². The van der Waals surface area contributed by atoms with Crippen LogP contribution < -0.4 is 0 Å². The Hall–Kier alpha value is -0.270. The van der Waals surface area contributed by atoms with Crippen LogP contribution in [0.1, 0.15) is 0 Å². The number of hydrogen-bond acceptors (Lipinski definition) is 7. The van der Waals surface area contributed by atoms with Crippen LogP contribution in [0, 0.1) is 0 Å². The Balaban J connectivity index is 2.87. The van der Waals surface area contributed by atoms with Gasteiger partial charge in [0.2, 0.25) is 0 Å². The molecule has 1 heterocycles. The first-order valence-corrected chi connectivity index (χ1v) is 6.52. The Morgan fingerprint density at radius 2 is 2.00 bits per heavy atom. The molecule has 0 spiro atoms. The molecule has 1 fully saturated rings. The van der Waals surface area contributed by atoms with Crippen LogP contribution in [0.4, 0.5) is 0 Å². The lowest BCUT2D eigenvalue weighted by atomic mass is 10.4. The van der Waals surface area contributed by atoms with Gasteiger partial charge in [0.05, 0.1) is 13.7 Å². The summed E-state index contributed by atoms with van der Waals surface area (Å²) in [7, 11) is -8.49. The van der Waals surface area contributed by atoms with Gasteiger partial charge in [0.1, 0.15) is 0 Å². The first kappa shape index (κ1) is 12.8. The van der Waals surface area contributed by atoms with Gasteiger partial charge >= 0.3 is 21.6 Å². The minimum atomic E-state index is -4.81. The van der Waals surface area contributed by atoms with Crippen molar-refractivity contribution >= 4 is 21.6 Å². The number of esters is 1. The minimum absolute atomic E-state index is 0.717. The third kappa shape index (κ3) is 3.66. The standard InChI is InChI=1S/C4H8O9P2/c1-10-4(5)3-2-11-14(6,7)13-15(8,9)12-3/h3H,2H2,1H3,(H,6,7)(H,8,9)/t3-/m1/s1. The molecule has 0 bridgehead atoms. The molecule has 2 unspecified atom stereocenters. The van der Waals surface area contributed by atoms with Crippen LogP contribution in [-0.4, -0.2) is 35.6 Å². The van der Waals surface area contributed by atoms with E-state index in [0.29, 0.717) is 0 Å². The number of rotatable bonds is 1. The Morgan fingerprint density at radius 3 is 2.53 bits per heavy atom. The average Bonchev–Trinajstić information content (AvgIpc) is 2.18. The average molecular weight is 262 g/mol. The van der Waals surface area contributed by atoms with Crippen molar-refractivity contribution in [1.29, 1.82) is 0 Å². The van der Waals surface area contributed by atoms with Crippen LogP contribution in [-0.2, 0) is 32.0 Å². The molecule has 0 aliphatic carbocycles. The molecule has 88 valence electrons. The molecule has 0 aromatic carbocycles. The predicted molar refractivity (Wildman–Crippen MR) is 43.6 cm³/mol. The molecule has 0 aromatic heterocycles. The topological polar surface area (TPSA) is 129 Å². The van der Waals surface area contributed by atoms with E-state index in [2.05, 4.69) is 18.1 Å². The molecule has 0 amide bonds. The van der Waals surface area contributed by atoms with Crippen molar-refractivity contribution in [3.05, 3.63) is 0 Å². The van der Waals surface area contributed by atoms with Crippen molar-refractivity contribution in [1.82, 2.24) is 0 Å². The molecule has 2 N–H and O–H groups in total. The summed E-state index contributed by atoms with van der Waals surface area (Å²) >= 11 is 0. The molecular formula is C4H8O9P2. The van der Waals surface area contributed by atoms with Crippen LogP contribution in [0.3, 0.4) is 0 Å². The second-order valence-corrected chi connectivity index (χ2v) is 5.43. The zero-order chi connectivity index (χ0) is 11.7. The first-order chi connectivity index (χ1) is 6.76. The summed E-state index contributed by atoms with van der Waals surface area (Å²) in [6.45, 7) is -0.717. The molecule has 3 atom stereocenters. The van der Waals surface area contributed by atoms with Gasteiger partial charge in [0.15, 0.2) is 6.10 Å². The number of hydrogen-bond donors (Lipinski definition) is 2. The van der Waals surface area contributed by atoms with Crippen molar-refractivity contribution in [2.24, 2.45) is 0 Å². The Kier molecular flexibility index (Phi) is 3.67. The molecule has 0 saturated carbocycles. The molecule has 1 aliphatic heterocycles. The van der Waals surface area contributed by atoms with Gasteiger partial charge in [0, 0.05) is 0 Å². The third-order valence-electron chi connectivity index (χ3n) is 1.32. The fourth-order valence-corrected chi connectivity index (χ4v) is 2.95. The largest absolute Gasteiger partial charge is 0.482 e. The van der Waals surface area contributed by atoms with E-state index in [1.54, 1.807) is 0 Å². The summed E-state index contributed by atoms with van der Waals surface area (Å²) in [6, 6.07) is 0. The van der Waals surface area contributed by atoms with Crippen molar-refractivity contribution in [2.45, 2.75) is 6.10 Å². The molecular weight excluding hydrogens is 254 g/mol. The van der Waals surface area contributed by atoms with E-state index in [1.807, 2.05) is 0 Å². The van der Waals surface area contributed by atoms with E-state index < -0.39 is 34.3 Å². The fourth-order valence-electron chi connectivity index (χ4n) is 0.769. The second-order valence-electron chi connectivity index (χ2n) is 2.43. The zero-order valence-electron chi connectivity index (χ0n) is 7.43. The van der Waals surface area contributed by atoms with Gasteiger partial charge in [-0.25, -0.2) is 13.9 Å². The number of carbonyl (C=O) groups is 1. The van der Waals surface area contributed by atoms with Gasteiger partial charge in [-0.15, -0.1) is 0 Å². The highest BCUT2D eigenvalue weighted by atomic mass is 31.3. The molecule has 1 saturated heterocycles. The maximum Gasteiger partial charge on any atom is 0.482 e. The van der Waals surface area contributed by atoms with Crippen molar-refractivity contribution < 1.29 is 41.8 Å². The molecule has 9 nitrogen and oxygen atoms in total. The normalized spacial score (nSPS) is 41.9. The van der Waals surface area contributed by atoms with Crippen LogP contribution in [0.5, 0.6) is 0 Å². The van der Waals surface area contributed by atoms with Crippen molar-refractivity contribution in [3.63, 3.8) is 0 Å². The molecule has 1 rings (SSSR count). The Morgan fingerprint density at radius 1 is 1.40 bits per heavy atom. The first-order valence-electron chi connectivity index (χ1n) is 3.53. The van der Waals surface area contributed by atoms with Gasteiger partial charge in [-0.3, -0.25) is 9.05 Å². The van der Waals surface area contributed by atoms with Crippen molar-refractivity contribution in [3.8, 4) is 0 Å². The van der Waals surface area contributed by atoms with Crippen molar-refractivity contribution in [2.75, 3.05) is 13.7 Å². The summed E-state index contributed by atoms with van der Waals surface area (Å²) in [5.74, 6) is -1.02. The summed E-state index contributed by atoms with van der Waals surface area (Å²) in [5.41, 5.74) is 0. The molecule has 15 heavy (non-hydrogen) atoms. The van der Waals surface area contributed by atoms with Gasteiger partial charge in [-0.2, -0.15) is 4.31 Å². The van der Waals surface area contributed by atoms with Crippen LogP contribution in [0.15, 0.2) is 0 Å². The van der Waals surface area contributed by atoms with E-state index >= 15 is 0 Å². The highest BCUT2D eigenvalue weighted by molar-refractivity contribution is 7.61. The van der Waals surface area contributed by atoms with E-state index in [1.165, 1.54) is 0 Å². The lowest BCUT2D eigenvalue weighted by Crippen LogP contribution is -2.27.